The second kappa shape index (κ2) is 11.1. The van der Waals surface area contributed by atoms with Crippen LogP contribution in [0.15, 0.2) is 53.9 Å². The van der Waals surface area contributed by atoms with Crippen molar-refractivity contribution in [3.8, 4) is 0 Å². The molecule has 0 saturated heterocycles. The normalized spacial score (nSPS) is 15.0. The van der Waals surface area contributed by atoms with Crippen LogP contribution in [0.25, 0.3) is 0 Å². The van der Waals surface area contributed by atoms with Crippen molar-refractivity contribution in [3.05, 3.63) is 65.1 Å². The predicted molar refractivity (Wildman–Crippen MR) is 105 cm³/mol. The van der Waals surface area contributed by atoms with Gasteiger partial charge in [-0.25, -0.2) is 0 Å². The molecule has 7 heteroatoms. The average molecular weight is 402 g/mol. The molecule has 150 valence electrons. The summed E-state index contributed by atoms with van der Waals surface area (Å²) in [5.74, 6) is -0.501. The summed E-state index contributed by atoms with van der Waals surface area (Å²) in [7, 11) is 0. The van der Waals surface area contributed by atoms with Gasteiger partial charge in [0, 0.05) is 41.7 Å². The number of hydrogen-bond donors (Lipinski definition) is 2. The van der Waals surface area contributed by atoms with Gasteiger partial charge < -0.3 is 11.1 Å². The second-order valence-corrected chi connectivity index (χ2v) is 6.99. The molecule has 2 unspecified atom stereocenters. The number of nitrogens with two attached hydrogens (primary N) is 1. The fourth-order valence-corrected chi connectivity index (χ4v) is 2.71. The molecule has 27 heavy (non-hydrogen) atoms. The zero-order valence-corrected chi connectivity index (χ0v) is 16.4. The highest BCUT2D eigenvalue weighted by molar-refractivity contribution is 6.31. The summed E-state index contributed by atoms with van der Waals surface area (Å²) >= 11 is 6.01. The Labute approximate surface area is 164 Å². The van der Waals surface area contributed by atoms with Crippen molar-refractivity contribution in [2.75, 3.05) is 0 Å². The quantitative estimate of drug-likeness (QED) is 0.416. The highest BCUT2D eigenvalue weighted by Gasteiger charge is 2.29. The molecule has 0 saturated carbocycles. The Balaban J connectivity index is 2.62. The van der Waals surface area contributed by atoms with Crippen molar-refractivity contribution in [1.82, 2.24) is 10.3 Å². The van der Waals surface area contributed by atoms with Gasteiger partial charge in [0.2, 0.25) is 0 Å². The van der Waals surface area contributed by atoms with Gasteiger partial charge in [0.1, 0.15) is 0 Å². The number of allylic oxidation sites excluding steroid dienone is 1. The zero-order valence-electron chi connectivity index (χ0n) is 15.7. The molecule has 0 aliphatic heterocycles. The average Bonchev–Trinajstić information content (AvgIpc) is 2.56. The van der Waals surface area contributed by atoms with Crippen LogP contribution in [0.3, 0.4) is 0 Å². The number of nitrogens with zero attached hydrogens (tertiary/aromatic N) is 1. The first-order chi connectivity index (χ1) is 12.6. The number of pyridine rings is 1. The minimum atomic E-state index is -4.15. The molecule has 0 aromatic carbocycles. The molecule has 0 bridgehead atoms. The van der Waals surface area contributed by atoms with Crippen LogP contribution < -0.4 is 11.1 Å². The third kappa shape index (κ3) is 9.63. The first-order valence-corrected chi connectivity index (χ1v) is 9.21. The van der Waals surface area contributed by atoms with Crippen molar-refractivity contribution in [3.63, 3.8) is 0 Å². The smallest absolute Gasteiger partial charge is 0.386 e. The van der Waals surface area contributed by atoms with Gasteiger partial charge in [-0.2, -0.15) is 13.2 Å². The van der Waals surface area contributed by atoms with Crippen LogP contribution in [0.5, 0.6) is 0 Å². The maximum atomic E-state index is 12.4. The van der Waals surface area contributed by atoms with E-state index in [1.807, 2.05) is 25.1 Å². The molecule has 1 rings (SSSR count). The fourth-order valence-electron chi connectivity index (χ4n) is 2.53. The molecule has 0 spiro atoms. The SMILES string of the molecule is C=C(Cl)/C(=C/NCc1ccc(CC(C)CC(F)(F)F)nc1)C(N)/C=C\CC. The fraction of sp³-hybridized carbons (Fsp3) is 0.450. The van der Waals surface area contributed by atoms with Gasteiger partial charge >= 0.3 is 6.18 Å². The van der Waals surface area contributed by atoms with E-state index in [0.717, 1.165) is 12.0 Å². The lowest BCUT2D eigenvalue weighted by atomic mass is 10.0. The molecule has 0 fully saturated rings. The van der Waals surface area contributed by atoms with Gasteiger partial charge in [-0.05, 0) is 30.4 Å². The van der Waals surface area contributed by atoms with Crippen molar-refractivity contribution in [2.45, 2.75) is 51.9 Å². The number of nitrogens with one attached hydrogen (secondary N) is 1. The van der Waals surface area contributed by atoms with Crippen molar-refractivity contribution < 1.29 is 13.2 Å². The monoisotopic (exact) mass is 401 g/mol. The van der Waals surface area contributed by atoms with Gasteiger partial charge in [0.15, 0.2) is 0 Å². The molecular weight excluding hydrogens is 375 g/mol. The molecule has 1 heterocycles. The molecule has 0 aliphatic rings. The Kier molecular flexibility index (Phi) is 9.60. The molecular formula is C20H27ClF3N3. The van der Waals surface area contributed by atoms with Crippen LogP contribution in [0.1, 0.15) is 37.9 Å². The van der Waals surface area contributed by atoms with E-state index < -0.39 is 18.5 Å². The van der Waals surface area contributed by atoms with E-state index in [1.54, 1.807) is 25.4 Å². The predicted octanol–water partition coefficient (Wildman–Crippen LogP) is 5.23. The van der Waals surface area contributed by atoms with Crippen molar-refractivity contribution in [1.29, 1.82) is 0 Å². The van der Waals surface area contributed by atoms with E-state index in [0.29, 0.717) is 29.3 Å². The summed E-state index contributed by atoms with van der Waals surface area (Å²) in [6.07, 6.45) is 3.42. The molecule has 3 N–H and O–H groups in total. The highest BCUT2D eigenvalue weighted by atomic mass is 35.5. The summed E-state index contributed by atoms with van der Waals surface area (Å²) < 4.78 is 37.2. The van der Waals surface area contributed by atoms with Crippen LogP contribution in [-0.4, -0.2) is 17.2 Å². The van der Waals surface area contributed by atoms with Crippen LogP contribution in [-0.2, 0) is 13.0 Å². The molecule has 0 amide bonds. The van der Waals surface area contributed by atoms with E-state index in [4.69, 9.17) is 17.3 Å². The van der Waals surface area contributed by atoms with Crippen LogP contribution in [0.4, 0.5) is 13.2 Å². The summed E-state index contributed by atoms with van der Waals surface area (Å²) in [5.41, 5.74) is 8.29. The molecule has 0 radical (unpaired) electrons. The molecule has 0 aliphatic carbocycles. The van der Waals surface area contributed by atoms with E-state index in [2.05, 4.69) is 16.9 Å². The summed E-state index contributed by atoms with van der Waals surface area (Å²) in [6.45, 7) is 7.81. The lowest BCUT2D eigenvalue weighted by Crippen LogP contribution is -2.22. The standard InChI is InChI=1S/C20H27ClF3N3/c1-4-5-6-19(25)18(15(3)21)13-26-11-16-7-8-17(27-12-16)9-14(2)10-20(22,23)24/h5-8,12-14,19,26H,3-4,9-11,25H2,1-2H3/b6-5-,18-13-. The van der Waals surface area contributed by atoms with E-state index >= 15 is 0 Å². The van der Waals surface area contributed by atoms with Crippen LogP contribution in [0.2, 0.25) is 0 Å². The zero-order chi connectivity index (χ0) is 20.4. The Morgan fingerprint density at radius 1 is 1.41 bits per heavy atom. The minimum Gasteiger partial charge on any atom is -0.386 e. The minimum absolute atomic E-state index is 0.294. The Morgan fingerprint density at radius 2 is 2.11 bits per heavy atom. The van der Waals surface area contributed by atoms with E-state index in [1.165, 1.54) is 0 Å². The summed E-state index contributed by atoms with van der Waals surface area (Å²) in [6, 6.07) is 3.25. The molecule has 3 nitrogen and oxygen atoms in total. The maximum Gasteiger partial charge on any atom is 0.389 e. The number of halogens is 4. The van der Waals surface area contributed by atoms with Gasteiger partial charge in [-0.15, -0.1) is 0 Å². The lowest BCUT2D eigenvalue weighted by Gasteiger charge is -2.14. The number of rotatable bonds is 10. The van der Waals surface area contributed by atoms with Gasteiger partial charge in [0.25, 0.3) is 0 Å². The first-order valence-electron chi connectivity index (χ1n) is 8.83. The number of alkyl halides is 3. The Bertz CT molecular complexity index is 651. The number of hydrogen-bond acceptors (Lipinski definition) is 3. The lowest BCUT2D eigenvalue weighted by molar-refractivity contribution is -0.143. The van der Waals surface area contributed by atoms with Crippen LogP contribution >= 0.6 is 11.6 Å². The highest BCUT2D eigenvalue weighted by Crippen LogP contribution is 2.26. The van der Waals surface area contributed by atoms with Gasteiger partial charge in [-0.3, -0.25) is 4.98 Å². The summed E-state index contributed by atoms with van der Waals surface area (Å²) in [5, 5.41) is 3.49. The van der Waals surface area contributed by atoms with Crippen molar-refractivity contribution in [2.24, 2.45) is 11.7 Å². The molecule has 1 aromatic heterocycles. The molecule has 1 aromatic rings. The van der Waals surface area contributed by atoms with Gasteiger partial charge in [0.05, 0.1) is 6.04 Å². The first kappa shape index (κ1) is 23.2. The Hall–Kier alpha value is -1.79. The van der Waals surface area contributed by atoms with Crippen LogP contribution in [0, 0.1) is 5.92 Å². The number of aromatic nitrogens is 1. The summed E-state index contributed by atoms with van der Waals surface area (Å²) in [4.78, 5) is 4.25. The van der Waals surface area contributed by atoms with Gasteiger partial charge in [-0.1, -0.05) is 50.2 Å². The third-order valence-electron chi connectivity index (χ3n) is 3.84. The molecule has 2 atom stereocenters. The third-order valence-corrected chi connectivity index (χ3v) is 4.06. The second-order valence-electron chi connectivity index (χ2n) is 6.53. The topological polar surface area (TPSA) is 50.9 Å². The Morgan fingerprint density at radius 3 is 2.63 bits per heavy atom. The largest absolute Gasteiger partial charge is 0.389 e. The van der Waals surface area contributed by atoms with Crippen molar-refractivity contribution >= 4 is 11.6 Å². The van der Waals surface area contributed by atoms with E-state index in [9.17, 15) is 13.2 Å². The maximum absolute atomic E-state index is 12.4. The van der Waals surface area contributed by atoms with E-state index in [-0.39, 0.29) is 6.04 Å².